The molecule has 1 rings (SSSR count). The predicted molar refractivity (Wildman–Crippen MR) is 75.9 cm³/mol. The van der Waals surface area contributed by atoms with E-state index in [0.29, 0.717) is 18.4 Å². The van der Waals surface area contributed by atoms with Gasteiger partial charge in [-0.1, -0.05) is 32.9 Å². The lowest BCUT2D eigenvalue weighted by Crippen LogP contribution is -2.12. The highest BCUT2D eigenvalue weighted by atomic mass is 16.5. The number of rotatable bonds is 6. The largest absolute Gasteiger partial charge is 0.493 e. The fourth-order valence-electron chi connectivity index (χ4n) is 2.22. The maximum atomic E-state index is 9.73. The molecule has 0 aromatic heterocycles. The van der Waals surface area contributed by atoms with E-state index in [9.17, 15) is 5.11 Å². The molecule has 0 heterocycles. The molecule has 2 atom stereocenters. The van der Waals surface area contributed by atoms with Crippen molar-refractivity contribution in [3.8, 4) is 5.75 Å². The van der Waals surface area contributed by atoms with E-state index in [2.05, 4.69) is 20.8 Å². The van der Waals surface area contributed by atoms with Crippen molar-refractivity contribution in [2.75, 3.05) is 6.61 Å². The van der Waals surface area contributed by atoms with Crippen LogP contribution in [-0.2, 0) is 0 Å². The summed E-state index contributed by atoms with van der Waals surface area (Å²) >= 11 is 0. The van der Waals surface area contributed by atoms with Crippen molar-refractivity contribution < 1.29 is 9.84 Å². The van der Waals surface area contributed by atoms with Crippen molar-refractivity contribution in [2.24, 2.45) is 11.8 Å². The molecule has 0 saturated carbocycles. The lowest BCUT2D eigenvalue weighted by atomic mass is 10.00. The van der Waals surface area contributed by atoms with E-state index in [1.807, 2.05) is 25.1 Å². The lowest BCUT2D eigenvalue weighted by molar-refractivity contribution is 0.184. The smallest absolute Gasteiger partial charge is 0.125 e. The Morgan fingerprint density at radius 2 is 1.83 bits per heavy atom. The highest BCUT2D eigenvalue weighted by Gasteiger charge is 2.11. The van der Waals surface area contributed by atoms with Gasteiger partial charge in [-0.2, -0.15) is 0 Å². The van der Waals surface area contributed by atoms with E-state index in [0.717, 1.165) is 23.3 Å². The fourth-order valence-corrected chi connectivity index (χ4v) is 2.22. The Bertz CT molecular complexity index is 369. The molecule has 18 heavy (non-hydrogen) atoms. The van der Waals surface area contributed by atoms with Gasteiger partial charge < -0.3 is 9.84 Å². The van der Waals surface area contributed by atoms with Crippen molar-refractivity contribution >= 4 is 0 Å². The molecule has 0 saturated heterocycles. The minimum Gasteiger partial charge on any atom is -0.493 e. The highest BCUT2D eigenvalue weighted by molar-refractivity contribution is 5.38. The molecule has 2 nitrogen and oxygen atoms in total. The first-order valence-corrected chi connectivity index (χ1v) is 6.81. The van der Waals surface area contributed by atoms with Crippen LogP contribution in [0.5, 0.6) is 5.75 Å². The van der Waals surface area contributed by atoms with Crippen LogP contribution >= 0.6 is 0 Å². The summed E-state index contributed by atoms with van der Waals surface area (Å²) in [6, 6.07) is 5.96. The van der Waals surface area contributed by atoms with E-state index in [1.165, 1.54) is 0 Å². The van der Waals surface area contributed by atoms with E-state index in [1.54, 1.807) is 6.92 Å². The number of aliphatic hydroxyl groups excluding tert-OH is 1. The Balaban J connectivity index is 2.68. The van der Waals surface area contributed by atoms with Gasteiger partial charge in [0.2, 0.25) is 0 Å². The summed E-state index contributed by atoms with van der Waals surface area (Å²) in [5.41, 5.74) is 2.03. The molecule has 2 heteroatoms. The average Bonchev–Trinajstić information content (AvgIpc) is 2.25. The zero-order valence-electron chi connectivity index (χ0n) is 12.2. The summed E-state index contributed by atoms with van der Waals surface area (Å²) < 4.78 is 5.88. The SMILES string of the molecule is Cc1ccc([C@@H](C)O)c(OCC(C)CC(C)C)c1. The van der Waals surface area contributed by atoms with Crippen LogP contribution in [0, 0.1) is 18.8 Å². The maximum Gasteiger partial charge on any atom is 0.125 e. The molecule has 0 spiro atoms. The van der Waals surface area contributed by atoms with Crippen LogP contribution < -0.4 is 4.74 Å². The second kappa shape index (κ2) is 6.79. The van der Waals surface area contributed by atoms with Gasteiger partial charge in [0.05, 0.1) is 12.7 Å². The first-order valence-electron chi connectivity index (χ1n) is 6.81. The predicted octanol–water partition coefficient (Wildman–Crippen LogP) is 4.11. The number of aryl methyl sites for hydroxylation is 1. The second-order valence-electron chi connectivity index (χ2n) is 5.76. The Hall–Kier alpha value is -1.02. The minimum absolute atomic E-state index is 0.485. The van der Waals surface area contributed by atoms with Crippen LogP contribution in [0.3, 0.4) is 0 Å². The third kappa shape index (κ3) is 4.69. The Morgan fingerprint density at radius 1 is 1.17 bits per heavy atom. The second-order valence-corrected chi connectivity index (χ2v) is 5.76. The molecule has 1 N–H and O–H groups in total. The maximum absolute atomic E-state index is 9.73. The summed E-state index contributed by atoms with van der Waals surface area (Å²) in [5, 5.41) is 9.73. The van der Waals surface area contributed by atoms with Crippen LogP contribution in [0.25, 0.3) is 0 Å². The van der Waals surface area contributed by atoms with Gasteiger partial charge in [-0.25, -0.2) is 0 Å². The van der Waals surface area contributed by atoms with E-state index < -0.39 is 6.10 Å². The Labute approximate surface area is 111 Å². The first kappa shape index (κ1) is 15.0. The van der Waals surface area contributed by atoms with Gasteiger partial charge in [-0.15, -0.1) is 0 Å². The molecular weight excluding hydrogens is 224 g/mol. The van der Waals surface area contributed by atoms with Gasteiger partial charge in [-0.3, -0.25) is 0 Å². The molecule has 0 aliphatic rings. The van der Waals surface area contributed by atoms with Crippen LogP contribution in [0.2, 0.25) is 0 Å². The van der Waals surface area contributed by atoms with Gasteiger partial charge in [-0.05, 0) is 43.7 Å². The molecule has 0 aliphatic heterocycles. The summed E-state index contributed by atoms with van der Waals surface area (Å²) in [6.45, 7) is 11.2. The van der Waals surface area contributed by atoms with Crippen LogP contribution in [0.1, 0.15) is 51.3 Å². The van der Waals surface area contributed by atoms with Crippen molar-refractivity contribution in [3.05, 3.63) is 29.3 Å². The molecule has 0 amide bonds. The summed E-state index contributed by atoms with van der Waals surface area (Å²) in [6.07, 6.45) is 0.677. The fraction of sp³-hybridized carbons (Fsp3) is 0.625. The average molecular weight is 250 g/mol. The monoisotopic (exact) mass is 250 g/mol. The summed E-state index contributed by atoms with van der Waals surface area (Å²) in [5.74, 6) is 2.05. The number of hydrogen-bond donors (Lipinski definition) is 1. The molecule has 0 radical (unpaired) electrons. The zero-order chi connectivity index (χ0) is 13.7. The number of benzene rings is 1. The third-order valence-electron chi connectivity index (χ3n) is 3.02. The first-order chi connectivity index (χ1) is 8.40. The minimum atomic E-state index is -0.485. The van der Waals surface area contributed by atoms with Crippen LogP contribution in [0.4, 0.5) is 0 Å². The molecule has 0 fully saturated rings. The van der Waals surface area contributed by atoms with Crippen molar-refractivity contribution in [2.45, 2.75) is 47.1 Å². The van der Waals surface area contributed by atoms with Crippen molar-refractivity contribution in [1.29, 1.82) is 0 Å². The zero-order valence-corrected chi connectivity index (χ0v) is 12.2. The molecular formula is C16H26O2. The van der Waals surface area contributed by atoms with Gasteiger partial charge in [0.1, 0.15) is 5.75 Å². The molecule has 1 aromatic rings. The normalized spacial score (nSPS) is 14.6. The van der Waals surface area contributed by atoms with Gasteiger partial charge >= 0.3 is 0 Å². The van der Waals surface area contributed by atoms with Gasteiger partial charge in [0.15, 0.2) is 0 Å². The van der Waals surface area contributed by atoms with Crippen LogP contribution in [-0.4, -0.2) is 11.7 Å². The number of ether oxygens (including phenoxy) is 1. The van der Waals surface area contributed by atoms with Gasteiger partial charge in [0.25, 0.3) is 0 Å². The quantitative estimate of drug-likeness (QED) is 0.823. The van der Waals surface area contributed by atoms with Crippen molar-refractivity contribution in [3.63, 3.8) is 0 Å². The molecule has 0 bridgehead atoms. The van der Waals surface area contributed by atoms with E-state index in [-0.39, 0.29) is 0 Å². The number of hydrogen-bond acceptors (Lipinski definition) is 2. The summed E-state index contributed by atoms with van der Waals surface area (Å²) in [7, 11) is 0. The molecule has 102 valence electrons. The van der Waals surface area contributed by atoms with E-state index >= 15 is 0 Å². The Morgan fingerprint density at radius 3 is 2.39 bits per heavy atom. The van der Waals surface area contributed by atoms with E-state index in [4.69, 9.17) is 4.74 Å². The number of aliphatic hydroxyl groups is 1. The Kier molecular flexibility index (Phi) is 5.67. The summed E-state index contributed by atoms with van der Waals surface area (Å²) in [4.78, 5) is 0. The third-order valence-corrected chi connectivity index (χ3v) is 3.02. The lowest BCUT2D eigenvalue weighted by Gasteiger charge is -2.18. The highest BCUT2D eigenvalue weighted by Crippen LogP contribution is 2.27. The standard InChI is InChI=1S/C16H26O2/c1-11(2)8-13(4)10-18-16-9-12(3)6-7-15(16)14(5)17/h6-7,9,11,13-14,17H,8,10H2,1-5H3/t13?,14-/m1/s1. The van der Waals surface area contributed by atoms with Gasteiger partial charge in [0, 0.05) is 5.56 Å². The topological polar surface area (TPSA) is 29.5 Å². The molecule has 0 aliphatic carbocycles. The van der Waals surface area contributed by atoms with Crippen LogP contribution in [0.15, 0.2) is 18.2 Å². The molecule has 1 aromatic carbocycles. The van der Waals surface area contributed by atoms with Crippen molar-refractivity contribution in [1.82, 2.24) is 0 Å². The molecule has 1 unspecified atom stereocenters.